The van der Waals surface area contributed by atoms with E-state index in [2.05, 4.69) is 45.3 Å². The standard InChI is InChI=1S/C15H12N2S/c1-3-11-10-18-8-2-7-17-14-5-6-16-9-13(14)12(4-1)15(11)17/h1-6,8-9H,7,10H2/b8-2-. The van der Waals surface area contributed by atoms with Crippen molar-refractivity contribution < 1.29 is 0 Å². The van der Waals surface area contributed by atoms with E-state index in [4.69, 9.17) is 0 Å². The van der Waals surface area contributed by atoms with E-state index in [0.717, 1.165) is 12.3 Å². The highest BCUT2D eigenvalue weighted by Gasteiger charge is 2.13. The summed E-state index contributed by atoms with van der Waals surface area (Å²) in [5.74, 6) is 1.04. The maximum absolute atomic E-state index is 4.27. The van der Waals surface area contributed by atoms with Gasteiger partial charge in [0.1, 0.15) is 0 Å². The molecule has 3 heteroatoms. The minimum atomic E-state index is 0.939. The molecule has 0 aliphatic carbocycles. The molecule has 1 aromatic carbocycles. The SMILES string of the molecule is C1=C\SCc2cccc3c4cnccc4n(c23)C/1. The van der Waals surface area contributed by atoms with E-state index in [1.54, 1.807) is 0 Å². The van der Waals surface area contributed by atoms with Crippen LogP contribution in [0.5, 0.6) is 0 Å². The lowest BCUT2D eigenvalue weighted by Gasteiger charge is -2.10. The van der Waals surface area contributed by atoms with Crippen molar-refractivity contribution in [1.82, 2.24) is 9.55 Å². The van der Waals surface area contributed by atoms with Crippen LogP contribution in [0.15, 0.2) is 48.1 Å². The summed E-state index contributed by atoms with van der Waals surface area (Å²) in [7, 11) is 0. The first-order valence-electron chi connectivity index (χ1n) is 6.05. The highest BCUT2D eigenvalue weighted by molar-refractivity contribution is 8.01. The molecule has 0 atom stereocenters. The van der Waals surface area contributed by atoms with Gasteiger partial charge in [-0.15, -0.1) is 11.8 Å². The number of thioether (sulfide) groups is 1. The molecule has 0 saturated heterocycles. The third-order valence-corrected chi connectivity index (χ3v) is 4.35. The molecule has 0 unspecified atom stereocenters. The summed E-state index contributed by atoms with van der Waals surface area (Å²) < 4.78 is 2.40. The lowest BCUT2D eigenvalue weighted by Crippen LogP contribution is -1.98. The van der Waals surface area contributed by atoms with Crippen LogP contribution >= 0.6 is 11.8 Å². The molecule has 4 rings (SSSR count). The van der Waals surface area contributed by atoms with Crippen molar-refractivity contribution in [3.63, 3.8) is 0 Å². The van der Waals surface area contributed by atoms with Crippen LogP contribution in [-0.2, 0) is 12.3 Å². The Morgan fingerprint density at radius 1 is 1.17 bits per heavy atom. The number of aromatic nitrogens is 2. The molecule has 2 nitrogen and oxygen atoms in total. The number of pyridine rings is 1. The lowest BCUT2D eigenvalue weighted by molar-refractivity contribution is 0.894. The van der Waals surface area contributed by atoms with Crippen molar-refractivity contribution in [1.29, 1.82) is 0 Å². The van der Waals surface area contributed by atoms with E-state index >= 15 is 0 Å². The Balaban J connectivity index is 2.25. The Labute approximate surface area is 109 Å². The number of nitrogens with zero attached hydrogens (tertiary/aromatic N) is 2. The van der Waals surface area contributed by atoms with Crippen LogP contribution in [0.3, 0.4) is 0 Å². The summed E-state index contributed by atoms with van der Waals surface area (Å²) in [6, 6.07) is 8.70. The number of benzene rings is 1. The molecular formula is C15H12N2S. The Morgan fingerprint density at radius 2 is 2.17 bits per heavy atom. The largest absolute Gasteiger partial charge is 0.336 e. The third kappa shape index (κ3) is 1.34. The summed E-state index contributed by atoms with van der Waals surface area (Å²) in [6.45, 7) is 0.939. The molecule has 0 N–H and O–H groups in total. The highest BCUT2D eigenvalue weighted by Crippen LogP contribution is 2.33. The van der Waals surface area contributed by atoms with Gasteiger partial charge in [0.15, 0.2) is 0 Å². The van der Waals surface area contributed by atoms with Crippen LogP contribution < -0.4 is 0 Å². The predicted octanol–water partition coefficient (Wildman–Crippen LogP) is 3.95. The summed E-state index contributed by atoms with van der Waals surface area (Å²) >= 11 is 1.87. The topological polar surface area (TPSA) is 17.8 Å². The number of rotatable bonds is 0. The second kappa shape index (κ2) is 3.89. The van der Waals surface area contributed by atoms with Crippen LogP contribution in [0.25, 0.3) is 21.8 Å². The van der Waals surface area contributed by atoms with Crippen LogP contribution in [0, 0.1) is 0 Å². The van der Waals surface area contributed by atoms with Crippen LogP contribution in [0.2, 0.25) is 0 Å². The summed E-state index contributed by atoms with van der Waals surface area (Å²) in [4.78, 5) is 4.27. The molecule has 0 amide bonds. The van der Waals surface area contributed by atoms with Crippen LogP contribution in [-0.4, -0.2) is 9.55 Å². The fourth-order valence-electron chi connectivity index (χ4n) is 2.74. The van der Waals surface area contributed by atoms with Gasteiger partial charge in [0.05, 0.1) is 11.0 Å². The number of allylic oxidation sites excluding steroid dienone is 1. The third-order valence-electron chi connectivity index (χ3n) is 3.49. The molecule has 0 spiro atoms. The van der Waals surface area contributed by atoms with Gasteiger partial charge in [-0.3, -0.25) is 4.98 Å². The normalized spacial score (nSPS) is 16.7. The monoisotopic (exact) mass is 252 g/mol. The summed E-state index contributed by atoms with van der Waals surface area (Å²) in [6.07, 6.45) is 6.09. The van der Waals surface area contributed by atoms with Crippen molar-refractivity contribution >= 4 is 33.6 Å². The molecule has 18 heavy (non-hydrogen) atoms. The van der Waals surface area contributed by atoms with Crippen LogP contribution in [0.4, 0.5) is 0 Å². The maximum Gasteiger partial charge on any atom is 0.0536 e. The van der Waals surface area contributed by atoms with Gasteiger partial charge in [-0.25, -0.2) is 0 Å². The molecule has 0 radical (unpaired) electrons. The summed E-state index contributed by atoms with van der Waals surface area (Å²) in [5.41, 5.74) is 4.07. The second-order valence-electron chi connectivity index (χ2n) is 4.50. The zero-order chi connectivity index (χ0) is 11.9. The average Bonchev–Trinajstić information content (AvgIpc) is 2.70. The summed E-state index contributed by atoms with van der Waals surface area (Å²) in [5, 5.41) is 4.79. The maximum atomic E-state index is 4.27. The number of hydrogen-bond donors (Lipinski definition) is 0. The van der Waals surface area contributed by atoms with Gasteiger partial charge in [0.25, 0.3) is 0 Å². The molecule has 0 fully saturated rings. The highest BCUT2D eigenvalue weighted by atomic mass is 32.2. The van der Waals surface area contributed by atoms with Gasteiger partial charge in [-0.1, -0.05) is 24.3 Å². The van der Waals surface area contributed by atoms with E-state index in [0.29, 0.717) is 0 Å². The lowest BCUT2D eigenvalue weighted by atomic mass is 10.1. The molecule has 1 aliphatic heterocycles. The molecule has 88 valence electrons. The molecule has 3 heterocycles. The minimum absolute atomic E-state index is 0.939. The van der Waals surface area contributed by atoms with Crippen molar-refractivity contribution in [3.8, 4) is 0 Å². The van der Waals surface area contributed by atoms with Gasteiger partial charge in [0.2, 0.25) is 0 Å². The Kier molecular flexibility index (Phi) is 2.20. The van der Waals surface area contributed by atoms with E-state index in [1.165, 1.54) is 27.4 Å². The Bertz CT molecular complexity index is 771. The van der Waals surface area contributed by atoms with E-state index in [-0.39, 0.29) is 0 Å². The van der Waals surface area contributed by atoms with Crippen molar-refractivity contribution in [2.45, 2.75) is 12.3 Å². The van der Waals surface area contributed by atoms with E-state index < -0.39 is 0 Å². The fourth-order valence-corrected chi connectivity index (χ4v) is 3.47. The molecule has 0 bridgehead atoms. The zero-order valence-electron chi connectivity index (χ0n) is 9.84. The van der Waals surface area contributed by atoms with Gasteiger partial charge in [0, 0.05) is 35.5 Å². The number of hydrogen-bond acceptors (Lipinski definition) is 2. The van der Waals surface area contributed by atoms with Gasteiger partial charge >= 0.3 is 0 Å². The quantitative estimate of drug-likeness (QED) is 0.603. The minimum Gasteiger partial charge on any atom is -0.336 e. The smallest absolute Gasteiger partial charge is 0.0536 e. The molecule has 3 aromatic rings. The first kappa shape index (κ1) is 10.2. The molecule has 1 aliphatic rings. The zero-order valence-corrected chi connectivity index (χ0v) is 10.7. The van der Waals surface area contributed by atoms with Crippen molar-refractivity contribution in [2.75, 3.05) is 0 Å². The van der Waals surface area contributed by atoms with Gasteiger partial charge in [-0.2, -0.15) is 0 Å². The number of para-hydroxylation sites is 1. The average molecular weight is 252 g/mol. The first-order chi connectivity index (χ1) is 8.95. The molecule has 2 aromatic heterocycles. The Morgan fingerprint density at radius 3 is 3.17 bits per heavy atom. The fraction of sp³-hybridized carbons (Fsp3) is 0.133. The second-order valence-corrected chi connectivity index (χ2v) is 5.39. The Hall–Kier alpha value is -1.74. The van der Waals surface area contributed by atoms with Crippen LogP contribution in [0.1, 0.15) is 5.56 Å². The van der Waals surface area contributed by atoms with E-state index in [9.17, 15) is 0 Å². The van der Waals surface area contributed by atoms with Gasteiger partial charge < -0.3 is 4.57 Å². The first-order valence-corrected chi connectivity index (χ1v) is 7.10. The van der Waals surface area contributed by atoms with Crippen molar-refractivity contribution in [3.05, 3.63) is 53.7 Å². The molecule has 0 saturated carbocycles. The van der Waals surface area contributed by atoms with Crippen molar-refractivity contribution in [2.24, 2.45) is 0 Å². The number of fused-ring (bicyclic) bond motifs is 3. The van der Waals surface area contributed by atoms with Gasteiger partial charge in [-0.05, 0) is 17.0 Å². The predicted molar refractivity (Wildman–Crippen MR) is 77.7 cm³/mol. The molecular weight excluding hydrogens is 240 g/mol. The van der Waals surface area contributed by atoms with E-state index in [1.807, 2.05) is 24.2 Å².